The molecule has 1 aliphatic rings. The molecule has 3 rings (SSSR count). The van der Waals surface area contributed by atoms with Crippen molar-refractivity contribution in [3.8, 4) is 0 Å². The van der Waals surface area contributed by atoms with E-state index in [4.69, 9.17) is 9.47 Å². The first-order valence-electron chi connectivity index (χ1n) is 8.11. The number of carbonyl (C=O) groups excluding carboxylic acids is 1. The molecule has 0 aliphatic carbocycles. The summed E-state index contributed by atoms with van der Waals surface area (Å²) in [6.45, 7) is 0.937. The van der Waals surface area contributed by atoms with Crippen molar-refractivity contribution in [3.63, 3.8) is 0 Å². The van der Waals surface area contributed by atoms with Gasteiger partial charge in [0, 0.05) is 16.8 Å². The second-order valence-corrected chi connectivity index (χ2v) is 8.47. The number of carbonyl (C=O) groups is 1. The predicted octanol–water partition coefficient (Wildman–Crippen LogP) is 3.59. The summed E-state index contributed by atoms with van der Waals surface area (Å²) in [5.74, 6) is -0.456. The van der Waals surface area contributed by atoms with Gasteiger partial charge in [-0.25, -0.2) is 13.2 Å². The number of ether oxygens (including phenoxy) is 2. The Morgan fingerprint density at radius 3 is 2.46 bits per heavy atom. The molecule has 0 aromatic heterocycles. The molecule has 1 atom stereocenters. The highest BCUT2D eigenvalue weighted by atomic mass is 79.9. The van der Waals surface area contributed by atoms with Crippen molar-refractivity contribution in [2.75, 3.05) is 17.9 Å². The van der Waals surface area contributed by atoms with Gasteiger partial charge in [-0.1, -0.05) is 15.9 Å². The van der Waals surface area contributed by atoms with Gasteiger partial charge >= 0.3 is 5.97 Å². The molecule has 26 heavy (non-hydrogen) atoms. The lowest BCUT2D eigenvalue weighted by Gasteiger charge is -2.11. The van der Waals surface area contributed by atoms with Crippen LogP contribution in [-0.2, 0) is 19.5 Å². The molecule has 1 heterocycles. The number of hydrogen-bond donors (Lipinski definition) is 1. The van der Waals surface area contributed by atoms with Crippen LogP contribution in [0.5, 0.6) is 0 Å². The lowest BCUT2D eigenvalue weighted by atomic mass is 10.2. The van der Waals surface area contributed by atoms with Gasteiger partial charge in [-0.15, -0.1) is 0 Å². The van der Waals surface area contributed by atoms with Crippen molar-refractivity contribution >= 4 is 37.6 Å². The number of benzene rings is 2. The predicted molar refractivity (Wildman–Crippen MR) is 101 cm³/mol. The van der Waals surface area contributed by atoms with Crippen LogP contribution in [0.4, 0.5) is 5.69 Å². The van der Waals surface area contributed by atoms with Crippen LogP contribution in [0.1, 0.15) is 23.2 Å². The number of nitrogens with one attached hydrogen (secondary N) is 1. The first-order valence-corrected chi connectivity index (χ1v) is 10.4. The molecule has 0 saturated carbocycles. The Balaban J connectivity index is 1.61. The SMILES string of the molecule is O=C(OC[C@H]1CCCO1)c1ccc(NS(=O)(=O)c2ccc(Br)cc2)cc1. The van der Waals surface area contributed by atoms with E-state index in [1.807, 2.05) is 0 Å². The number of esters is 1. The number of hydrogen-bond acceptors (Lipinski definition) is 5. The fraction of sp³-hybridized carbons (Fsp3) is 0.278. The maximum Gasteiger partial charge on any atom is 0.338 e. The van der Waals surface area contributed by atoms with E-state index in [-0.39, 0.29) is 17.6 Å². The summed E-state index contributed by atoms with van der Waals surface area (Å²) in [5.41, 5.74) is 0.721. The molecular formula is C18H18BrNO5S. The highest BCUT2D eigenvalue weighted by Crippen LogP contribution is 2.19. The minimum Gasteiger partial charge on any atom is -0.459 e. The maximum atomic E-state index is 12.3. The summed E-state index contributed by atoms with van der Waals surface area (Å²) in [6.07, 6.45) is 1.84. The molecule has 8 heteroatoms. The summed E-state index contributed by atoms with van der Waals surface area (Å²) >= 11 is 3.27. The zero-order chi connectivity index (χ0) is 18.6. The van der Waals surface area contributed by atoms with Crippen LogP contribution < -0.4 is 4.72 Å². The summed E-state index contributed by atoms with van der Waals surface area (Å²) in [7, 11) is -3.69. The van der Waals surface area contributed by atoms with Crippen LogP contribution in [0.15, 0.2) is 57.9 Å². The fourth-order valence-corrected chi connectivity index (χ4v) is 3.85. The summed E-state index contributed by atoms with van der Waals surface area (Å²) < 4.78 is 38.6. The Morgan fingerprint density at radius 1 is 1.15 bits per heavy atom. The molecule has 1 fully saturated rings. The highest BCUT2D eigenvalue weighted by molar-refractivity contribution is 9.10. The summed E-state index contributed by atoms with van der Waals surface area (Å²) in [5, 5.41) is 0. The van der Waals surface area contributed by atoms with Crippen LogP contribution in [0.2, 0.25) is 0 Å². The fourth-order valence-electron chi connectivity index (χ4n) is 2.53. The molecule has 0 amide bonds. The van der Waals surface area contributed by atoms with Crippen LogP contribution >= 0.6 is 15.9 Å². The van der Waals surface area contributed by atoms with E-state index in [1.165, 1.54) is 36.4 Å². The highest BCUT2D eigenvalue weighted by Gasteiger charge is 2.18. The van der Waals surface area contributed by atoms with Crippen molar-refractivity contribution in [1.82, 2.24) is 0 Å². The third-order valence-electron chi connectivity index (χ3n) is 3.92. The average molecular weight is 440 g/mol. The summed E-state index contributed by atoms with van der Waals surface area (Å²) in [4.78, 5) is 12.2. The third-order valence-corrected chi connectivity index (χ3v) is 5.85. The van der Waals surface area contributed by atoms with Gasteiger partial charge < -0.3 is 9.47 Å². The minimum atomic E-state index is -3.69. The van der Waals surface area contributed by atoms with Crippen molar-refractivity contribution in [1.29, 1.82) is 0 Å². The molecular weight excluding hydrogens is 422 g/mol. The van der Waals surface area contributed by atoms with Gasteiger partial charge in [0.05, 0.1) is 16.6 Å². The number of halogens is 1. The molecule has 2 aromatic carbocycles. The van der Waals surface area contributed by atoms with E-state index < -0.39 is 16.0 Å². The Morgan fingerprint density at radius 2 is 1.85 bits per heavy atom. The maximum absolute atomic E-state index is 12.3. The first kappa shape index (κ1) is 18.9. The van der Waals surface area contributed by atoms with Gasteiger partial charge in [0.25, 0.3) is 10.0 Å². The van der Waals surface area contributed by atoms with E-state index >= 15 is 0 Å². The van der Waals surface area contributed by atoms with Gasteiger partial charge in [-0.3, -0.25) is 4.72 Å². The molecule has 2 aromatic rings. The smallest absolute Gasteiger partial charge is 0.338 e. The van der Waals surface area contributed by atoms with E-state index in [0.29, 0.717) is 17.9 Å². The largest absolute Gasteiger partial charge is 0.459 e. The Kier molecular flexibility index (Phi) is 5.95. The van der Waals surface area contributed by atoms with Crippen LogP contribution in [-0.4, -0.2) is 33.7 Å². The minimum absolute atomic E-state index is 0.0315. The van der Waals surface area contributed by atoms with Gasteiger partial charge in [-0.2, -0.15) is 0 Å². The Hall–Kier alpha value is -1.90. The van der Waals surface area contributed by atoms with E-state index in [9.17, 15) is 13.2 Å². The Bertz CT molecular complexity index is 859. The standard InChI is InChI=1S/C18H18BrNO5S/c19-14-5-9-17(10-6-14)26(22,23)20-15-7-3-13(4-8-15)18(21)25-12-16-2-1-11-24-16/h3-10,16,20H,1-2,11-12H2/t16-/m1/s1. The molecule has 1 saturated heterocycles. The molecule has 1 aliphatic heterocycles. The zero-order valence-electron chi connectivity index (χ0n) is 13.9. The molecule has 0 bridgehead atoms. The second kappa shape index (κ2) is 8.20. The van der Waals surface area contributed by atoms with Crippen molar-refractivity contribution < 1.29 is 22.7 Å². The summed E-state index contributed by atoms with van der Waals surface area (Å²) in [6, 6.07) is 12.4. The molecule has 0 unspecified atom stereocenters. The molecule has 0 spiro atoms. The quantitative estimate of drug-likeness (QED) is 0.695. The average Bonchev–Trinajstić information content (AvgIpc) is 3.14. The monoisotopic (exact) mass is 439 g/mol. The molecule has 138 valence electrons. The van der Waals surface area contributed by atoms with Crippen LogP contribution in [0, 0.1) is 0 Å². The van der Waals surface area contributed by atoms with Crippen molar-refractivity contribution in [2.24, 2.45) is 0 Å². The van der Waals surface area contributed by atoms with Crippen LogP contribution in [0.25, 0.3) is 0 Å². The van der Waals surface area contributed by atoms with E-state index in [0.717, 1.165) is 17.3 Å². The van der Waals surface area contributed by atoms with E-state index in [2.05, 4.69) is 20.7 Å². The normalized spacial score (nSPS) is 17.0. The van der Waals surface area contributed by atoms with Crippen LogP contribution in [0.3, 0.4) is 0 Å². The Labute approximate surface area is 160 Å². The van der Waals surface area contributed by atoms with Gasteiger partial charge in [0.15, 0.2) is 0 Å². The molecule has 6 nitrogen and oxygen atoms in total. The lowest BCUT2D eigenvalue weighted by Crippen LogP contribution is -2.18. The topological polar surface area (TPSA) is 81.7 Å². The molecule has 0 radical (unpaired) electrons. The number of rotatable bonds is 6. The van der Waals surface area contributed by atoms with Gasteiger partial charge in [0.2, 0.25) is 0 Å². The van der Waals surface area contributed by atoms with Crippen molar-refractivity contribution in [2.45, 2.75) is 23.8 Å². The lowest BCUT2D eigenvalue weighted by molar-refractivity contribution is 0.0161. The van der Waals surface area contributed by atoms with Gasteiger partial charge in [-0.05, 0) is 61.4 Å². The van der Waals surface area contributed by atoms with Crippen molar-refractivity contribution in [3.05, 3.63) is 58.6 Å². The second-order valence-electron chi connectivity index (χ2n) is 5.87. The van der Waals surface area contributed by atoms with E-state index in [1.54, 1.807) is 12.1 Å². The first-order chi connectivity index (χ1) is 12.4. The third kappa shape index (κ3) is 4.84. The number of anilines is 1. The van der Waals surface area contributed by atoms with Gasteiger partial charge in [0.1, 0.15) is 6.61 Å². The molecule has 1 N–H and O–H groups in total. The zero-order valence-corrected chi connectivity index (χ0v) is 16.3. The number of sulfonamides is 1.